The van der Waals surface area contributed by atoms with Crippen LogP contribution in [0.1, 0.15) is 32.6 Å². The molecule has 3 rings (SSSR count). The van der Waals surface area contributed by atoms with Gasteiger partial charge in [-0.3, -0.25) is 4.79 Å². The van der Waals surface area contributed by atoms with Crippen molar-refractivity contribution in [3.05, 3.63) is 22.9 Å². The third-order valence-corrected chi connectivity index (χ3v) is 5.29. The number of amides is 1. The zero-order valence-electron chi connectivity index (χ0n) is 12.6. The largest absolute Gasteiger partial charge is 0.345 e. The molecule has 2 heterocycles. The monoisotopic (exact) mass is 364 g/mol. The molecule has 1 aliphatic rings. The number of aromatic amines is 1. The van der Waals surface area contributed by atoms with E-state index in [0.717, 1.165) is 46.9 Å². The van der Waals surface area contributed by atoms with Crippen LogP contribution in [0.25, 0.3) is 11.0 Å². The average molecular weight is 365 g/mol. The van der Waals surface area contributed by atoms with Crippen LogP contribution in [0, 0.1) is 11.8 Å². The van der Waals surface area contributed by atoms with E-state index in [2.05, 4.69) is 38.1 Å². The molecule has 118 valence electrons. The Morgan fingerprint density at radius 1 is 1.45 bits per heavy atom. The third kappa shape index (κ3) is 3.03. The van der Waals surface area contributed by atoms with E-state index in [-0.39, 0.29) is 17.9 Å². The van der Waals surface area contributed by atoms with Crippen LogP contribution in [0.2, 0.25) is 0 Å². The lowest BCUT2D eigenvalue weighted by atomic mass is 9.79. The normalized spacial score (nSPS) is 23.4. The summed E-state index contributed by atoms with van der Waals surface area (Å²) in [6.07, 6.45) is 7.45. The second-order valence-corrected chi connectivity index (χ2v) is 7.03. The van der Waals surface area contributed by atoms with Crippen LogP contribution in [-0.4, -0.2) is 21.9 Å². The van der Waals surface area contributed by atoms with Gasteiger partial charge < -0.3 is 16.0 Å². The Morgan fingerprint density at radius 2 is 2.18 bits per heavy atom. The number of aromatic nitrogens is 2. The van der Waals surface area contributed by atoms with E-state index in [1.165, 1.54) is 0 Å². The van der Waals surface area contributed by atoms with Gasteiger partial charge >= 0.3 is 0 Å². The molecule has 1 saturated carbocycles. The van der Waals surface area contributed by atoms with Crippen LogP contribution in [-0.2, 0) is 4.79 Å². The summed E-state index contributed by atoms with van der Waals surface area (Å²) < 4.78 is 0.909. The summed E-state index contributed by atoms with van der Waals surface area (Å²) in [6, 6.07) is 2.06. The maximum Gasteiger partial charge on any atom is 0.227 e. The summed E-state index contributed by atoms with van der Waals surface area (Å²) >= 11 is 3.49. The first kappa shape index (κ1) is 15.5. The van der Waals surface area contributed by atoms with Crippen molar-refractivity contribution in [1.82, 2.24) is 9.97 Å². The highest BCUT2D eigenvalue weighted by Gasteiger charge is 2.28. The Labute approximate surface area is 138 Å². The lowest BCUT2D eigenvalue weighted by Crippen LogP contribution is -2.33. The van der Waals surface area contributed by atoms with E-state index in [4.69, 9.17) is 5.73 Å². The number of pyridine rings is 1. The van der Waals surface area contributed by atoms with Crippen molar-refractivity contribution < 1.29 is 4.79 Å². The molecule has 1 atom stereocenters. The van der Waals surface area contributed by atoms with Crippen LogP contribution in [0.4, 0.5) is 5.69 Å². The first-order chi connectivity index (χ1) is 10.6. The minimum absolute atomic E-state index is 0.0796. The summed E-state index contributed by atoms with van der Waals surface area (Å²) in [4.78, 5) is 19.9. The Hall–Kier alpha value is -1.40. The molecule has 0 radical (unpaired) electrons. The van der Waals surface area contributed by atoms with Crippen molar-refractivity contribution in [3.63, 3.8) is 0 Å². The lowest BCUT2D eigenvalue weighted by Gasteiger charge is -2.30. The first-order valence-corrected chi connectivity index (χ1v) is 8.53. The van der Waals surface area contributed by atoms with Crippen LogP contribution in [0.15, 0.2) is 22.9 Å². The summed E-state index contributed by atoms with van der Waals surface area (Å²) in [5, 5.41) is 3.98. The standard InChI is InChI=1S/C16H21BrN4O/c1-9(18)10-2-4-11(5-3-10)16(22)21-13-6-7-19-15-14(13)12(17)8-20-15/h6-11H,2-5,18H2,1H3,(H2,19,20,21,22)/t9?,10-,11-. The zero-order valence-corrected chi connectivity index (χ0v) is 14.2. The maximum atomic E-state index is 12.5. The highest BCUT2D eigenvalue weighted by atomic mass is 79.9. The van der Waals surface area contributed by atoms with Gasteiger partial charge in [-0.2, -0.15) is 0 Å². The number of carbonyl (C=O) groups excluding carboxylic acids is 1. The summed E-state index contributed by atoms with van der Waals surface area (Å²) in [6.45, 7) is 2.06. The molecule has 1 unspecified atom stereocenters. The number of carbonyl (C=O) groups is 1. The van der Waals surface area contributed by atoms with Crippen LogP contribution in [0.5, 0.6) is 0 Å². The Kier molecular flexibility index (Phi) is 4.49. The van der Waals surface area contributed by atoms with Crippen molar-refractivity contribution >= 4 is 38.6 Å². The molecule has 2 aromatic rings. The zero-order chi connectivity index (χ0) is 15.7. The summed E-state index contributed by atoms with van der Waals surface area (Å²) in [5.74, 6) is 0.732. The van der Waals surface area contributed by atoms with E-state index in [9.17, 15) is 4.79 Å². The van der Waals surface area contributed by atoms with E-state index < -0.39 is 0 Å². The SMILES string of the molecule is CC(N)[C@H]1CC[C@H](C(=O)Nc2ccnc3[nH]cc(Br)c23)CC1. The number of rotatable bonds is 3. The van der Waals surface area contributed by atoms with Gasteiger partial charge in [0.1, 0.15) is 5.65 Å². The Bertz CT molecular complexity index is 674. The molecule has 1 amide bonds. The second-order valence-electron chi connectivity index (χ2n) is 6.18. The fourth-order valence-electron chi connectivity index (χ4n) is 3.26. The van der Waals surface area contributed by atoms with Gasteiger partial charge in [-0.15, -0.1) is 0 Å². The molecule has 0 aliphatic heterocycles. The molecule has 4 N–H and O–H groups in total. The first-order valence-electron chi connectivity index (χ1n) is 7.74. The molecule has 22 heavy (non-hydrogen) atoms. The van der Waals surface area contributed by atoms with Crippen LogP contribution < -0.4 is 11.1 Å². The van der Waals surface area contributed by atoms with Gasteiger partial charge in [0.05, 0.1) is 11.1 Å². The van der Waals surface area contributed by atoms with Crippen molar-refractivity contribution in [2.45, 2.75) is 38.6 Å². The maximum absolute atomic E-state index is 12.5. The number of H-pyrrole nitrogens is 1. The van der Waals surface area contributed by atoms with Gasteiger partial charge in [-0.25, -0.2) is 4.98 Å². The van der Waals surface area contributed by atoms with Crippen molar-refractivity contribution in [1.29, 1.82) is 0 Å². The highest BCUT2D eigenvalue weighted by molar-refractivity contribution is 9.10. The predicted molar refractivity (Wildman–Crippen MR) is 91.5 cm³/mol. The molecule has 2 aromatic heterocycles. The quantitative estimate of drug-likeness (QED) is 0.779. The summed E-state index contributed by atoms with van der Waals surface area (Å²) in [5.41, 5.74) is 7.54. The number of hydrogen-bond donors (Lipinski definition) is 3. The van der Waals surface area contributed by atoms with E-state index >= 15 is 0 Å². The third-order valence-electron chi connectivity index (χ3n) is 4.67. The van der Waals surface area contributed by atoms with Gasteiger partial charge in [0.2, 0.25) is 5.91 Å². The molecule has 1 aliphatic carbocycles. The highest BCUT2D eigenvalue weighted by Crippen LogP contribution is 2.33. The molecule has 0 spiro atoms. The van der Waals surface area contributed by atoms with Crippen molar-refractivity contribution in [2.24, 2.45) is 17.6 Å². The minimum Gasteiger partial charge on any atom is -0.345 e. The molecule has 0 saturated heterocycles. The lowest BCUT2D eigenvalue weighted by molar-refractivity contribution is -0.121. The van der Waals surface area contributed by atoms with E-state index in [0.29, 0.717) is 5.92 Å². The topological polar surface area (TPSA) is 83.8 Å². The number of nitrogens with one attached hydrogen (secondary N) is 2. The van der Waals surface area contributed by atoms with Gasteiger partial charge in [-0.1, -0.05) is 0 Å². The number of halogens is 1. The minimum atomic E-state index is 0.0796. The number of hydrogen-bond acceptors (Lipinski definition) is 3. The van der Waals surface area contributed by atoms with Crippen LogP contribution >= 0.6 is 15.9 Å². The number of anilines is 1. The van der Waals surface area contributed by atoms with Gasteiger partial charge in [0.15, 0.2) is 0 Å². The van der Waals surface area contributed by atoms with Gasteiger partial charge in [-0.05, 0) is 60.5 Å². The number of nitrogens with zero attached hydrogens (tertiary/aromatic N) is 1. The Morgan fingerprint density at radius 3 is 2.86 bits per heavy atom. The van der Waals surface area contributed by atoms with Crippen molar-refractivity contribution in [3.8, 4) is 0 Å². The predicted octanol–water partition coefficient (Wildman–Crippen LogP) is 3.42. The molecule has 1 fully saturated rings. The smallest absolute Gasteiger partial charge is 0.227 e. The fraction of sp³-hybridized carbons (Fsp3) is 0.500. The second kappa shape index (κ2) is 6.38. The molecular formula is C16H21BrN4O. The average Bonchev–Trinajstić information content (AvgIpc) is 2.90. The fourth-order valence-corrected chi connectivity index (χ4v) is 3.78. The molecular weight excluding hydrogens is 344 g/mol. The number of fused-ring (bicyclic) bond motifs is 1. The molecule has 0 aromatic carbocycles. The van der Waals surface area contributed by atoms with Gasteiger partial charge in [0.25, 0.3) is 0 Å². The Balaban J connectivity index is 1.70. The van der Waals surface area contributed by atoms with E-state index in [1.54, 1.807) is 6.20 Å². The number of nitrogens with two attached hydrogens (primary N) is 1. The van der Waals surface area contributed by atoms with E-state index in [1.807, 2.05) is 12.3 Å². The molecule has 5 nitrogen and oxygen atoms in total. The molecule has 6 heteroatoms. The molecule has 0 bridgehead atoms. The van der Waals surface area contributed by atoms with Crippen molar-refractivity contribution in [2.75, 3.05) is 5.32 Å². The summed E-state index contributed by atoms with van der Waals surface area (Å²) in [7, 11) is 0. The van der Waals surface area contributed by atoms with Gasteiger partial charge in [0, 0.05) is 28.8 Å². The van der Waals surface area contributed by atoms with Crippen LogP contribution in [0.3, 0.4) is 0 Å².